The highest BCUT2D eigenvalue weighted by molar-refractivity contribution is 6.41. The second-order valence-electron chi connectivity index (χ2n) is 8.94. The molecule has 0 radical (unpaired) electrons. The maximum absolute atomic E-state index is 14.7. The molecule has 0 bridgehead atoms. The quantitative estimate of drug-likeness (QED) is 0.783. The molecule has 6 heteroatoms. The van der Waals surface area contributed by atoms with Crippen molar-refractivity contribution >= 4 is 11.5 Å². The molecule has 5 nitrogen and oxygen atoms in total. The van der Waals surface area contributed by atoms with Crippen LogP contribution in [0.4, 0.5) is 4.39 Å². The van der Waals surface area contributed by atoms with Crippen LogP contribution in [0.15, 0.2) is 46.4 Å². The monoisotopic (exact) mass is 416 g/mol. The van der Waals surface area contributed by atoms with Crippen LogP contribution in [0, 0.1) is 22.6 Å². The number of nitrogens with zero attached hydrogens (tertiary/aromatic N) is 3. The summed E-state index contributed by atoms with van der Waals surface area (Å²) >= 11 is 0. The Hall–Kier alpha value is -3.04. The van der Waals surface area contributed by atoms with E-state index in [0.29, 0.717) is 17.0 Å². The number of rotatable bonds is 2. The highest BCUT2D eigenvalue weighted by Gasteiger charge is 2.60. The molecule has 2 aromatic rings. The van der Waals surface area contributed by atoms with E-state index in [2.05, 4.69) is 12.1 Å². The molecule has 1 saturated carbocycles. The van der Waals surface area contributed by atoms with Gasteiger partial charge in [0.15, 0.2) is 5.66 Å². The Labute approximate surface area is 181 Å². The molecule has 1 unspecified atom stereocenters. The minimum absolute atomic E-state index is 0.154. The fraction of sp³-hybridized carbons (Fsp3) is 0.400. The van der Waals surface area contributed by atoms with Gasteiger partial charge in [0.25, 0.3) is 0 Å². The van der Waals surface area contributed by atoms with E-state index in [1.807, 2.05) is 19.1 Å². The summed E-state index contributed by atoms with van der Waals surface area (Å²) in [4.78, 5) is 10.0. The summed E-state index contributed by atoms with van der Waals surface area (Å²) in [6, 6.07) is 12.5. The van der Waals surface area contributed by atoms with E-state index in [1.165, 1.54) is 17.7 Å². The Bertz CT molecular complexity index is 1150. The van der Waals surface area contributed by atoms with Crippen LogP contribution in [0.3, 0.4) is 0 Å². The van der Waals surface area contributed by atoms with E-state index in [9.17, 15) is 9.65 Å². The fourth-order valence-corrected chi connectivity index (χ4v) is 5.66. The van der Waals surface area contributed by atoms with Crippen LogP contribution in [-0.2, 0) is 16.8 Å². The average molecular weight is 417 g/mol. The van der Waals surface area contributed by atoms with Crippen molar-refractivity contribution < 1.29 is 9.13 Å². The molecule has 2 spiro atoms. The second-order valence-corrected chi connectivity index (χ2v) is 8.94. The maximum atomic E-state index is 14.7. The molecule has 3 aliphatic rings. The number of nitriles is 1. The Morgan fingerprint density at radius 3 is 2.58 bits per heavy atom. The molecular weight excluding hydrogens is 391 g/mol. The molecule has 0 aromatic heterocycles. The number of hydrogen-bond donors (Lipinski definition) is 1. The minimum atomic E-state index is -0.769. The molecule has 1 heterocycles. The zero-order valence-corrected chi connectivity index (χ0v) is 17.8. The molecule has 0 saturated heterocycles. The van der Waals surface area contributed by atoms with E-state index in [0.717, 1.165) is 48.9 Å². The number of benzene rings is 2. The molecule has 2 aromatic carbocycles. The van der Waals surface area contributed by atoms with Crippen LogP contribution in [0.2, 0.25) is 0 Å². The summed E-state index contributed by atoms with van der Waals surface area (Å²) in [7, 11) is 1.77. The van der Waals surface area contributed by atoms with Crippen molar-refractivity contribution in [2.24, 2.45) is 21.1 Å². The topological polar surface area (TPSA) is 83.8 Å². The molecule has 2 N–H and O–H groups in total. The van der Waals surface area contributed by atoms with Gasteiger partial charge in [0.05, 0.1) is 23.4 Å². The molecule has 1 atom stereocenters. The van der Waals surface area contributed by atoms with Crippen LogP contribution in [0.1, 0.15) is 49.3 Å². The van der Waals surface area contributed by atoms with Gasteiger partial charge in [-0.05, 0) is 74.4 Å². The molecule has 158 valence electrons. The third-order valence-electron chi connectivity index (χ3n) is 7.37. The van der Waals surface area contributed by atoms with Crippen LogP contribution >= 0.6 is 0 Å². The van der Waals surface area contributed by atoms with E-state index >= 15 is 0 Å². The summed E-state index contributed by atoms with van der Waals surface area (Å²) in [6.07, 6.45) is 4.94. The SMILES string of the molecule is COC1CCC2(CC1)Cc1ccc(-c3cc(C#N)ccc3F)cc1C21N=C(C)C(N)=N1. The first-order chi connectivity index (χ1) is 14.9. The number of amidine groups is 1. The maximum Gasteiger partial charge on any atom is 0.184 e. The molecule has 5 rings (SSSR count). The Morgan fingerprint density at radius 2 is 1.94 bits per heavy atom. The van der Waals surface area contributed by atoms with Gasteiger partial charge in [-0.3, -0.25) is 4.99 Å². The van der Waals surface area contributed by atoms with Crippen LogP contribution in [-0.4, -0.2) is 24.8 Å². The lowest BCUT2D eigenvalue weighted by Gasteiger charge is -2.44. The molecule has 2 aliphatic carbocycles. The summed E-state index contributed by atoms with van der Waals surface area (Å²) in [5, 5.41) is 9.26. The Morgan fingerprint density at radius 1 is 1.16 bits per heavy atom. The predicted octanol–water partition coefficient (Wildman–Crippen LogP) is 4.48. The summed E-state index contributed by atoms with van der Waals surface area (Å²) in [6.45, 7) is 1.90. The van der Waals surface area contributed by atoms with Crippen molar-refractivity contribution in [3.05, 3.63) is 58.9 Å². The highest BCUT2D eigenvalue weighted by Crippen LogP contribution is 2.62. The lowest BCUT2D eigenvalue weighted by Crippen LogP contribution is -2.43. The van der Waals surface area contributed by atoms with Gasteiger partial charge < -0.3 is 10.5 Å². The van der Waals surface area contributed by atoms with E-state index in [4.69, 9.17) is 20.5 Å². The second kappa shape index (κ2) is 7.00. The smallest absolute Gasteiger partial charge is 0.184 e. The summed E-state index contributed by atoms with van der Waals surface area (Å²) in [5.41, 5.74) is 9.83. The normalized spacial score (nSPS) is 29.0. The number of aliphatic imine (C=N–C) groups is 2. The first kappa shape index (κ1) is 19.9. The van der Waals surface area contributed by atoms with Gasteiger partial charge in [0, 0.05) is 23.7 Å². The van der Waals surface area contributed by atoms with Crippen molar-refractivity contribution in [2.75, 3.05) is 7.11 Å². The lowest BCUT2D eigenvalue weighted by molar-refractivity contribution is -0.000372. The van der Waals surface area contributed by atoms with Crippen molar-refractivity contribution in [3.8, 4) is 17.2 Å². The fourth-order valence-electron chi connectivity index (χ4n) is 5.66. The third-order valence-corrected chi connectivity index (χ3v) is 7.37. The lowest BCUT2D eigenvalue weighted by atomic mass is 9.65. The Kier molecular flexibility index (Phi) is 4.49. The highest BCUT2D eigenvalue weighted by atomic mass is 19.1. The van der Waals surface area contributed by atoms with E-state index in [-0.39, 0.29) is 17.3 Å². The molecule has 1 aliphatic heterocycles. The van der Waals surface area contributed by atoms with E-state index in [1.54, 1.807) is 13.2 Å². The first-order valence-corrected chi connectivity index (χ1v) is 10.7. The number of halogens is 1. The number of hydrogen-bond acceptors (Lipinski definition) is 5. The summed E-state index contributed by atoms with van der Waals surface area (Å²) < 4.78 is 20.3. The largest absolute Gasteiger partial charge is 0.382 e. The van der Waals surface area contributed by atoms with Crippen LogP contribution < -0.4 is 5.73 Å². The number of ether oxygens (including phenoxy) is 1. The van der Waals surface area contributed by atoms with Gasteiger partial charge in [-0.2, -0.15) is 5.26 Å². The molecular formula is C25H25FN4O. The van der Waals surface area contributed by atoms with E-state index < -0.39 is 5.66 Å². The molecule has 1 fully saturated rings. The number of methoxy groups -OCH3 is 1. The van der Waals surface area contributed by atoms with Crippen LogP contribution in [0.25, 0.3) is 11.1 Å². The molecule has 31 heavy (non-hydrogen) atoms. The van der Waals surface area contributed by atoms with Crippen molar-refractivity contribution in [1.82, 2.24) is 0 Å². The van der Waals surface area contributed by atoms with Gasteiger partial charge in [0.2, 0.25) is 0 Å². The van der Waals surface area contributed by atoms with Gasteiger partial charge in [-0.25, -0.2) is 9.38 Å². The first-order valence-electron chi connectivity index (χ1n) is 10.7. The zero-order chi connectivity index (χ0) is 21.8. The van der Waals surface area contributed by atoms with Gasteiger partial charge in [-0.15, -0.1) is 0 Å². The standard InChI is InChI=1S/C25H25FN4O/c1-15-23(28)30-25(29-15)21-12-17(20-11-16(14-27)3-6-22(20)26)4-5-18(21)13-24(25)9-7-19(31-2)8-10-24/h3-6,11-12,19H,7-10,13H2,1-2H3,(H2,28,30). The number of nitrogens with two attached hydrogens (primary N) is 1. The third kappa shape index (κ3) is 2.84. The predicted molar refractivity (Wildman–Crippen MR) is 118 cm³/mol. The number of fused-ring (bicyclic) bond motifs is 3. The average Bonchev–Trinajstić information content (AvgIpc) is 3.22. The minimum Gasteiger partial charge on any atom is -0.382 e. The van der Waals surface area contributed by atoms with Crippen molar-refractivity contribution in [1.29, 1.82) is 5.26 Å². The van der Waals surface area contributed by atoms with Crippen molar-refractivity contribution in [2.45, 2.75) is 50.8 Å². The van der Waals surface area contributed by atoms with Crippen molar-refractivity contribution in [3.63, 3.8) is 0 Å². The van der Waals surface area contributed by atoms with Crippen LogP contribution in [0.5, 0.6) is 0 Å². The Balaban J connectivity index is 1.66. The van der Waals surface area contributed by atoms with Gasteiger partial charge in [-0.1, -0.05) is 12.1 Å². The zero-order valence-electron chi connectivity index (χ0n) is 17.8. The summed E-state index contributed by atoms with van der Waals surface area (Å²) in [5.74, 6) is 0.125. The molecule has 0 amide bonds. The van der Waals surface area contributed by atoms with Gasteiger partial charge in [0.1, 0.15) is 11.7 Å². The van der Waals surface area contributed by atoms with Gasteiger partial charge >= 0.3 is 0 Å².